The molecule has 0 bridgehead atoms. The van der Waals surface area contributed by atoms with Gasteiger partial charge < -0.3 is 67.2 Å². The Kier molecular flexibility index (Phi) is 61.3. The normalized spacial score (nSPS) is 7.75. The second-order valence-corrected chi connectivity index (χ2v) is 3.42. The van der Waals surface area contributed by atoms with Crippen molar-refractivity contribution in [3.05, 3.63) is 0 Å². The summed E-state index contributed by atoms with van der Waals surface area (Å²) in [6.07, 6.45) is 0. The third-order valence-electron chi connectivity index (χ3n) is 0.200. The third kappa shape index (κ3) is 62.3. The first-order valence-electron chi connectivity index (χ1n) is 1.46. The zero-order valence-electron chi connectivity index (χ0n) is 8.57. The first kappa shape index (κ1) is 54.7. The first-order valence-corrected chi connectivity index (χ1v) is 4.38. The Balaban J connectivity index is -0.0000000114. The summed E-state index contributed by atoms with van der Waals surface area (Å²) in [7, 11) is -11.4. The molecule has 0 rings (SSSR count). The molecule has 0 saturated heterocycles. The smallest absolute Gasteiger partial charge is 0.790 e. The molecule has 0 aromatic rings. The molecule has 16 heavy (non-hydrogen) atoms. The van der Waals surface area contributed by atoms with Gasteiger partial charge in [0.05, 0.1) is 15.6 Å². The molecule has 0 aliphatic heterocycles. The molecule has 1 radical (unpaired) electrons. The van der Waals surface area contributed by atoms with E-state index in [2.05, 4.69) is 4.31 Å². The van der Waals surface area contributed by atoms with Crippen molar-refractivity contribution in [1.82, 2.24) is 12.3 Å². The van der Waals surface area contributed by atoms with Crippen molar-refractivity contribution in [2.45, 2.75) is 0 Å². The summed E-state index contributed by atoms with van der Waals surface area (Å²) >= 11 is 0. The Morgan fingerprint density at radius 2 is 0.875 bits per heavy atom. The molecule has 16 heteroatoms. The van der Waals surface area contributed by atoms with Crippen LogP contribution in [-0.2, 0) is 30.8 Å². The molecule has 13 nitrogen and oxygen atoms in total. The van der Waals surface area contributed by atoms with Gasteiger partial charge in [-0.15, -0.1) is 0 Å². The molecule has 0 atom stereocenters. The van der Waals surface area contributed by atoms with Gasteiger partial charge in [0.2, 0.25) is 0 Å². The van der Waals surface area contributed by atoms with E-state index in [4.69, 9.17) is 0 Å². The zero-order valence-corrected chi connectivity index (χ0v) is 10.6. The summed E-state index contributed by atoms with van der Waals surface area (Å²) in [4.78, 5) is 37.3. The van der Waals surface area contributed by atoms with Crippen LogP contribution in [-0.4, -0.2) is 21.9 Å². The van der Waals surface area contributed by atoms with Crippen LogP contribution in [0.25, 0.3) is 0 Å². The van der Waals surface area contributed by atoms with Gasteiger partial charge in [-0.3, -0.25) is 0 Å². The zero-order chi connectivity index (χ0) is 7.71. The predicted octanol–water partition coefficient (Wildman–Crippen LogP) is -6.20. The minimum absolute atomic E-state index is 0. The summed E-state index contributed by atoms with van der Waals surface area (Å²) in [5.74, 6) is 0. The first-order chi connectivity index (χ1) is 3.71. The molecule has 14 N–H and O–H groups in total. The quantitative estimate of drug-likeness (QED) is 0.452. The van der Waals surface area contributed by atoms with E-state index in [1.54, 1.807) is 0 Å². The van der Waals surface area contributed by atoms with Gasteiger partial charge in [-0.1, -0.05) is 0 Å². The SMILES string of the molecule is N.N.O.O.O.O.O=P([O-])([O-])OP(=O)([O-])[O-].[Cr+3].[H+]. The topological polar surface area (TPSA) is 332 Å². The molecule has 0 amide bonds. The van der Waals surface area contributed by atoms with Gasteiger partial charge in [0, 0.05) is 0 Å². The Hall–Kier alpha value is 0.552. The van der Waals surface area contributed by atoms with E-state index in [0.29, 0.717) is 0 Å². The van der Waals surface area contributed by atoms with Gasteiger partial charge in [0.1, 0.15) is 0 Å². The van der Waals surface area contributed by atoms with E-state index < -0.39 is 15.6 Å². The van der Waals surface area contributed by atoms with Crippen LogP contribution < -0.4 is 31.9 Å². The maximum absolute atomic E-state index is 9.32. The van der Waals surface area contributed by atoms with Crippen LogP contribution >= 0.6 is 15.6 Å². The second-order valence-electron chi connectivity index (χ2n) is 0.976. The van der Waals surface area contributed by atoms with E-state index in [1.807, 2.05) is 0 Å². The van der Waals surface area contributed by atoms with Crippen LogP contribution in [0.3, 0.4) is 0 Å². The van der Waals surface area contributed by atoms with E-state index in [0.717, 1.165) is 0 Å². The van der Waals surface area contributed by atoms with Gasteiger partial charge in [0.25, 0.3) is 0 Å². The molecule has 0 fully saturated rings. The Morgan fingerprint density at radius 3 is 0.875 bits per heavy atom. The fraction of sp³-hybridized carbons (Fsp3) is 0. The molecule has 0 saturated carbocycles. The average Bonchev–Trinajstić information content (AvgIpc) is 1.14. The van der Waals surface area contributed by atoms with Gasteiger partial charge in [-0.25, -0.2) is 0 Å². The van der Waals surface area contributed by atoms with Gasteiger partial charge >= 0.3 is 18.8 Å². The maximum atomic E-state index is 9.32. The van der Waals surface area contributed by atoms with Crippen molar-refractivity contribution in [2.75, 3.05) is 0 Å². The fourth-order valence-electron chi connectivity index (χ4n) is 0.122. The number of hydrogen-bond acceptors (Lipinski definition) is 9. The summed E-state index contributed by atoms with van der Waals surface area (Å²) in [6, 6.07) is 0. The predicted molar refractivity (Wildman–Crippen MR) is 41.9 cm³/mol. The fourth-order valence-corrected chi connectivity index (χ4v) is 1.10. The van der Waals surface area contributed by atoms with Crippen molar-refractivity contribution in [1.29, 1.82) is 0 Å². The van der Waals surface area contributed by atoms with Gasteiger partial charge in [-0.05, 0) is 0 Å². The summed E-state index contributed by atoms with van der Waals surface area (Å²) < 4.78 is 21.2. The molecular weight excluding hydrogens is 318 g/mol. The Bertz CT molecular complexity index is 168. The minimum Gasteiger partial charge on any atom is -0.790 e. The molecule has 0 aliphatic rings. The van der Waals surface area contributed by atoms with Crippen molar-refractivity contribution in [3.63, 3.8) is 0 Å². The minimum atomic E-state index is -5.68. The monoisotopic (exact) mass is 333 g/mol. The van der Waals surface area contributed by atoms with Crippen LogP contribution in [0.1, 0.15) is 1.43 Å². The Morgan fingerprint density at radius 1 is 0.750 bits per heavy atom. The average molecular weight is 333 g/mol. The van der Waals surface area contributed by atoms with Crippen LogP contribution in [0.4, 0.5) is 0 Å². The van der Waals surface area contributed by atoms with Crippen LogP contribution in [0.2, 0.25) is 0 Å². The molecule has 0 heterocycles. The van der Waals surface area contributed by atoms with Crippen LogP contribution in [0, 0.1) is 0 Å². The second kappa shape index (κ2) is 17.9. The maximum Gasteiger partial charge on any atom is 3.00 e. The largest absolute Gasteiger partial charge is 3.00 e. The van der Waals surface area contributed by atoms with Crippen LogP contribution in [0.15, 0.2) is 0 Å². The number of phosphoric acid groups is 2. The van der Waals surface area contributed by atoms with Gasteiger partial charge in [-0.2, -0.15) is 0 Å². The van der Waals surface area contributed by atoms with Gasteiger partial charge in [0.15, 0.2) is 0 Å². The molecule has 0 spiro atoms. The number of hydrogen-bond donors (Lipinski definition) is 2. The number of rotatable bonds is 2. The molecule has 0 aromatic heterocycles. The van der Waals surface area contributed by atoms with Crippen LogP contribution in [0.5, 0.6) is 0 Å². The molecular formula is H15CrN2O11P2. The van der Waals surface area contributed by atoms with E-state index in [1.165, 1.54) is 0 Å². The molecule has 0 unspecified atom stereocenters. The molecule has 0 aliphatic carbocycles. The summed E-state index contributed by atoms with van der Waals surface area (Å²) in [6.45, 7) is 0. The van der Waals surface area contributed by atoms with E-state index >= 15 is 0 Å². The molecule has 107 valence electrons. The standard InChI is InChI=1S/Cr.2H3N.H4O7P2.4H2O/c;;;1-8(2,3)7-9(4,5)6;;;;/h;2*1H3;(H2,1,2,3)(H2,4,5,6);4*1H2/q+3;;;;;;;/p-3. The summed E-state index contributed by atoms with van der Waals surface area (Å²) in [5, 5.41) is 0. The van der Waals surface area contributed by atoms with E-state index in [9.17, 15) is 28.7 Å². The van der Waals surface area contributed by atoms with Crippen molar-refractivity contribution < 1.29 is 73.7 Å². The van der Waals surface area contributed by atoms with Crippen molar-refractivity contribution in [2.24, 2.45) is 0 Å². The Labute approximate surface area is 102 Å². The van der Waals surface area contributed by atoms with Crippen molar-refractivity contribution in [3.8, 4) is 0 Å². The molecule has 0 aromatic carbocycles. The third-order valence-corrected chi connectivity index (χ3v) is 1.80. The van der Waals surface area contributed by atoms with Crippen molar-refractivity contribution >= 4 is 15.6 Å². The summed E-state index contributed by atoms with van der Waals surface area (Å²) in [5.41, 5.74) is 0. The van der Waals surface area contributed by atoms with E-state index in [-0.39, 0.29) is 53.0 Å².